The maximum atomic E-state index is 14.3. The monoisotopic (exact) mass is 685 g/mol. The zero-order chi connectivity index (χ0) is 35.2. The van der Waals surface area contributed by atoms with Crippen molar-refractivity contribution >= 4 is 41.1 Å². The van der Waals surface area contributed by atoms with Gasteiger partial charge in [-0.15, -0.1) is 0 Å². The summed E-state index contributed by atoms with van der Waals surface area (Å²) in [5, 5.41) is 6.93. The number of anilines is 2. The van der Waals surface area contributed by atoms with Gasteiger partial charge in [-0.05, 0) is 76.1 Å². The van der Waals surface area contributed by atoms with E-state index < -0.39 is 17.8 Å². The summed E-state index contributed by atoms with van der Waals surface area (Å²) in [7, 11) is 3.01. The number of benzene rings is 2. The average molecular weight is 686 g/mol. The number of cyclic esters (lactones) is 1. The van der Waals surface area contributed by atoms with E-state index in [0.29, 0.717) is 33.4 Å². The standard InChI is InChI=1S/C18H24N2O4.C17H17ClFNO4/c1-6-18(3,7-2)14-11-15(24-20-14)19-17(21)16-12(22-4)9-8-10-13(16)23-5;1-9(2)15-16(21)20(17(22)24-15)13-8-14(11(18)7-12(13)19)23-10-5-3-4-6-10/h8-11H,6-7H2,1-5H3,(H,19,21);7-8,10H,3-6H2,1-2H3. The van der Waals surface area contributed by atoms with Crippen LogP contribution in [0.15, 0.2) is 52.3 Å². The molecule has 0 spiro atoms. The molecule has 2 aromatic carbocycles. The largest absolute Gasteiger partial charge is 0.496 e. The van der Waals surface area contributed by atoms with Gasteiger partial charge in [-0.2, -0.15) is 0 Å². The van der Waals surface area contributed by atoms with Crippen LogP contribution in [0.1, 0.15) is 89.2 Å². The molecule has 0 bridgehead atoms. The Morgan fingerprint density at radius 1 is 1.06 bits per heavy atom. The molecule has 258 valence electrons. The summed E-state index contributed by atoms with van der Waals surface area (Å²) < 4.78 is 40.9. The number of halogens is 2. The van der Waals surface area contributed by atoms with E-state index in [2.05, 4.69) is 31.2 Å². The van der Waals surface area contributed by atoms with Gasteiger partial charge in [-0.3, -0.25) is 14.9 Å². The Balaban J connectivity index is 0.000000217. The quantitative estimate of drug-likeness (QED) is 0.209. The molecule has 0 radical (unpaired) electrons. The lowest BCUT2D eigenvalue weighted by molar-refractivity contribution is -0.114. The van der Waals surface area contributed by atoms with Gasteiger partial charge in [-0.1, -0.05) is 43.6 Å². The van der Waals surface area contributed by atoms with E-state index in [0.717, 1.165) is 50.3 Å². The van der Waals surface area contributed by atoms with Crippen molar-refractivity contribution in [2.45, 2.75) is 84.7 Å². The van der Waals surface area contributed by atoms with Crippen molar-refractivity contribution in [3.8, 4) is 17.2 Å². The van der Waals surface area contributed by atoms with Crippen LogP contribution in [0, 0.1) is 5.82 Å². The smallest absolute Gasteiger partial charge is 0.427 e. The third-order valence-corrected chi connectivity index (χ3v) is 8.94. The SMILES string of the molecule is CC(C)=C1OC(=O)N(c2cc(OC3CCCC3)c(Cl)cc2F)C1=O.CCC(C)(CC)c1cc(NC(=O)c2c(OC)cccc2OC)on1. The first-order chi connectivity index (χ1) is 22.9. The molecule has 5 rings (SSSR count). The molecule has 2 fully saturated rings. The summed E-state index contributed by atoms with van der Waals surface area (Å²) in [5.41, 5.74) is 1.38. The number of allylic oxidation sites excluding steroid dienone is 1. The Morgan fingerprint density at radius 3 is 2.23 bits per heavy atom. The summed E-state index contributed by atoms with van der Waals surface area (Å²) in [6.45, 7) is 9.61. The molecule has 1 aliphatic heterocycles. The lowest BCUT2D eigenvalue weighted by Gasteiger charge is -2.22. The number of aromatic nitrogens is 1. The van der Waals surface area contributed by atoms with Gasteiger partial charge in [-0.25, -0.2) is 14.1 Å². The van der Waals surface area contributed by atoms with Crippen molar-refractivity contribution in [2.75, 3.05) is 24.4 Å². The van der Waals surface area contributed by atoms with Gasteiger partial charge in [0, 0.05) is 17.5 Å². The summed E-state index contributed by atoms with van der Waals surface area (Å²) in [5.74, 6) is -0.541. The second-order valence-corrected chi connectivity index (χ2v) is 12.3. The topological polar surface area (TPSA) is 129 Å². The number of rotatable bonds is 10. The van der Waals surface area contributed by atoms with Crippen LogP contribution in [0.25, 0.3) is 0 Å². The molecule has 1 N–H and O–H groups in total. The number of hydrogen-bond donors (Lipinski definition) is 1. The van der Waals surface area contributed by atoms with Crippen molar-refractivity contribution in [2.24, 2.45) is 0 Å². The van der Waals surface area contributed by atoms with Crippen LogP contribution < -0.4 is 24.4 Å². The summed E-state index contributed by atoms with van der Waals surface area (Å²) in [6, 6.07) is 9.26. The van der Waals surface area contributed by atoms with Gasteiger partial charge in [0.25, 0.3) is 5.91 Å². The Labute approximate surface area is 284 Å². The molecule has 1 aromatic heterocycles. The number of nitrogens with zero attached hydrogens (tertiary/aromatic N) is 2. The van der Waals surface area contributed by atoms with E-state index >= 15 is 0 Å². The molecule has 0 atom stereocenters. The highest BCUT2D eigenvalue weighted by Crippen LogP contribution is 2.38. The van der Waals surface area contributed by atoms with Crippen LogP contribution in [0.2, 0.25) is 5.02 Å². The van der Waals surface area contributed by atoms with Gasteiger partial charge in [0.15, 0.2) is 5.76 Å². The third kappa shape index (κ3) is 7.75. The van der Waals surface area contributed by atoms with E-state index in [1.54, 1.807) is 38.1 Å². The van der Waals surface area contributed by atoms with E-state index in [4.69, 9.17) is 35.1 Å². The number of ether oxygens (including phenoxy) is 4. The van der Waals surface area contributed by atoms with Crippen LogP contribution in [-0.2, 0) is 14.9 Å². The zero-order valence-electron chi connectivity index (χ0n) is 28.2. The number of amides is 3. The third-order valence-electron chi connectivity index (χ3n) is 8.64. The number of carbonyl (C=O) groups is 3. The Bertz CT molecular complexity index is 1670. The lowest BCUT2D eigenvalue weighted by atomic mass is 9.81. The highest BCUT2D eigenvalue weighted by atomic mass is 35.5. The minimum absolute atomic E-state index is 0.00962. The number of hydrogen-bond acceptors (Lipinski definition) is 9. The molecule has 13 heteroatoms. The highest BCUT2D eigenvalue weighted by Gasteiger charge is 2.40. The number of carbonyl (C=O) groups excluding carboxylic acids is 3. The number of imide groups is 1. The predicted octanol–water partition coefficient (Wildman–Crippen LogP) is 8.60. The van der Waals surface area contributed by atoms with Gasteiger partial charge < -0.3 is 23.5 Å². The maximum absolute atomic E-state index is 14.3. The predicted molar refractivity (Wildman–Crippen MR) is 179 cm³/mol. The van der Waals surface area contributed by atoms with E-state index in [1.807, 2.05) is 0 Å². The molecule has 48 heavy (non-hydrogen) atoms. The highest BCUT2D eigenvalue weighted by molar-refractivity contribution is 6.32. The van der Waals surface area contributed by atoms with E-state index in [1.165, 1.54) is 20.3 Å². The molecular formula is C35H41ClFN3O8. The van der Waals surface area contributed by atoms with Gasteiger partial charge >= 0.3 is 12.0 Å². The molecule has 1 saturated carbocycles. The summed E-state index contributed by atoms with van der Waals surface area (Å²) in [4.78, 5) is 37.6. The fourth-order valence-corrected chi connectivity index (χ4v) is 5.53. The van der Waals surface area contributed by atoms with Gasteiger partial charge in [0.1, 0.15) is 28.6 Å². The minimum Gasteiger partial charge on any atom is -0.496 e. The lowest BCUT2D eigenvalue weighted by Crippen LogP contribution is -2.29. The second-order valence-electron chi connectivity index (χ2n) is 11.9. The molecule has 2 aliphatic rings. The fraction of sp³-hybridized carbons (Fsp3) is 0.429. The summed E-state index contributed by atoms with van der Waals surface area (Å²) in [6.07, 6.45) is 4.87. The number of nitrogens with one attached hydrogen (secondary N) is 1. The maximum Gasteiger partial charge on any atom is 0.427 e. The zero-order valence-corrected chi connectivity index (χ0v) is 29.0. The second kappa shape index (κ2) is 15.5. The molecule has 1 aliphatic carbocycles. The molecule has 2 heterocycles. The number of methoxy groups -OCH3 is 2. The Morgan fingerprint density at radius 2 is 1.69 bits per heavy atom. The van der Waals surface area contributed by atoms with Crippen molar-refractivity contribution in [1.82, 2.24) is 5.16 Å². The first-order valence-electron chi connectivity index (χ1n) is 15.8. The molecule has 3 amide bonds. The first kappa shape index (κ1) is 36.3. The molecular weight excluding hydrogens is 645 g/mol. The van der Waals surface area contributed by atoms with Crippen LogP contribution in [0.5, 0.6) is 17.2 Å². The normalized spacial score (nSPS) is 14.8. The molecule has 1 saturated heterocycles. The van der Waals surface area contributed by atoms with E-state index in [-0.39, 0.29) is 39.6 Å². The minimum atomic E-state index is -0.941. The molecule has 3 aromatic rings. The van der Waals surface area contributed by atoms with Crippen LogP contribution in [-0.4, -0.2) is 43.4 Å². The van der Waals surface area contributed by atoms with Crippen molar-refractivity contribution in [3.05, 3.63) is 69.8 Å². The first-order valence-corrected chi connectivity index (χ1v) is 16.1. The molecule has 0 unspecified atom stereocenters. The summed E-state index contributed by atoms with van der Waals surface area (Å²) >= 11 is 6.04. The van der Waals surface area contributed by atoms with Gasteiger partial charge in [0.05, 0.1) is 36.7 Å². The van der Waals surface area contributed by atoms with Crippen LogP contribution >= 0.6 is 11.6 Å². The van der Waals surface area contributed by atoms with Crippen LogP contribution in [0.3, 0.4) is 0 Å². The van der Waals surface area contributed by atoms with Crippen LogP contribution in [0.4, 0.5) is 20.8 Å². The van der Waals surface area contributed by atoms with Crippen molar-refractivity contribution in [3.63, 3.8) is 0 Å². The van der Waals surface area contributed by atoms with Crippen molar-refractivity contribution in [1.29, 1.82) is 0 Å². The Hall–Kier alpha value is -4.58. The van der Waals surface area contributed by atoms with E-state index in [9.17, 15) is 18.8 Å². The Kier molecular flexibility index (Phi) is 11.7. The van der Waals surface area contributed by atoms with Crippen molar-refractivity contribution < 1.29 is 42.2 Å². The fourth-order valence-electron chi connectivity index (χ4n) is 5.33. The average Bonchev–Trinajstić information content (AvgIpc) is 3.83. The van der Waals surface area contributed by atoms with Gasteiger partial charge in [0.2, 0.25) is 5.88 Å². The molecule has 11 nitrogen and oxygen atoms in total.